The Morgan fingerprint density at radius 2 is 1.90 bits per heavy atom. The van der Waals surface area contributed by atoms with E-state index in [-0.39, 0.29) is 24.4 Å². The second-order valence-corrected chi connectivity index (χ2v) is 4.87. The molecule has 2 rings (SSSR count). The van der Waals surface area contributed by atoms with Gasteiger partial charge in [0, 0.05) is 25.3 Å². The minimum absolute atomic E-state index is 0. The zero-order chi connectivity index (χ0) is 13.5. The Balaban J connectivity index is 0.00000200. The lowest BCUT2D eigenvalue weighted by Crippen LogP contribution is -2.41. The third-order valence-corrected chi connectivity index (χ3v) is 3.45. The van der Waals surface area contributed by atoms with Crippen LogP contribution < -0.4 is 5.73 Å². The lowest BCUT2D eigenvalue weighted by Gasteiger charge is -2.32. The van der Waals surface area contributed by atoms with Gasteiger partial charge in [-0.2, -0.15) is 0 Å². The highest BCUT2D eigenvalue weighted by Crippen LogP contribution is 2.16. The van der Waals surface area contributed by atoms with E-state index in [2.05, 4.69) is 0 Å². The number of hydrogen-bond donors (Lipinski definition) is 1. The first-order chi connectivity index (χ1) is 9.31. The molecule has 1 saturated heterocycles. The molecule has 1 heterocycles. The van der Waals surface area contributed by atoms with Crippen LogP contribution in [0.5, 0.6) is 0 Å². The van der Waals surface area contributed by atoms with Crippen LogP contribution in [-0.2, 0) is 4.74 Å². The van der Waals surface area contributed by atoms with E-state index in [1.807, 2.05) is 35.2 Å². The van der Waals surface area contributed by atoms with Crippen molar-refractivity contribution in [2.45, 2.75) is 25.4 Å². The molecule has 1 aliphatic rings. The maximum Gasteiger partial charge on any atom is 0.253 e. The van der Waals surface area contributed by atoms with Crippen molar-refractivity contribution in [2.75, 3.05) is 26.2 Å². The summed E-state index contributed by atoms with van der Waals surface area (Å²) in [5.41, 5.74) is 6.21. The van der Waals surface area contributed by atoms with Crippen molar-refractivity contribution in [1.29, 1.82) is 0 Å². The van der Waals surface area contributed by atoms with Gasteiger partial charge in [0.2, 0.25) is 0 Å². The van der Waals surface area contributed by atoms with Crippen LogP contribution in [0.25, 0.3) is 0 Å². The zero-order valence-corrected chi connectivity index (χ0v) is 12.5. The first-order valence-corrected chi connectivity index (χ1v) is 6.97. The Kier molecular flexibility index (Phi) is 7.59. The van der Waals surface area contributed by atoms with Crippen molar-refractivity contribution in [3.05, 3.63) is 35.9 Å². The summed E-state index contributed by atoms with van der Waals surface area (Å²) in [4.78, 5) is 14.2. The highest BCUT2D eigenvalue weighted by atomic mass is 35.5. The summed E-state index contributed by atoms with van der Waals surface area (Å²) < 4.78 is 5.74. The summed E-state index contributed by atoms with van der Waals surface area (Å²) in [5.74, 6) is 0.126. The summed E-state index contributed by atoms with van der Waals surface area (Å²) in [7, 11) is 0. The van der Waals surface area contributed by atoms with E-state index in [9.17, 15) is 4.79 Å². The molecule has 2 N–H and O–H groups in total. The number of likely N-dealkylation sites (tertiary alicyclic amines) is 1. The number of nitrogens with two attached hydrogens (primary N) is 1. The monoisotopic (exact) mass is 298 g/mol. The fourth-order valence-corrected chi connectivity index (χ4v) is 2.32. The smallest absolute Gasteiger partial charge is 0.253 e. The fraction of sp³-hybridized carbons (Fsp3) is 0.533. The van der Waals surface area contributed by atoms with Gasteiger partial charge in [-0.3, -0.25) is 4.79 Å². The Labute approximate surface area is 126 Å². The van der Waals surface area contributed by atoms with Gasteiger partial charge in [0.15, 0.2) is 0 Å². The molecule has 0 aliphatic carbocycles. The van der Waals surface area contributed by atoms with E-state index in [0.29, 0.717) is 6.54 Å². The molecule has 20 heavy (non-hydrogen) atoms. The molecular formula is C15H23ClN2O2. The number of carbonyl (C=O) groups excluding carboxylic acids is 1. The molecule has 1 aromatic carbocycles. The second-order valence-electron chi connectivity index (χ2n) is 4.87. The molecule has 112 valence electrons. The molecular weight excluding hydrogens is 276 g/mol. The largest absolute Gasteiger partial charge is 0.378 e. The van der Waals surface area contributed by atoms with Crippen LogP contribution in [0.3, 0.4) is 0 Å². The van der Waals surface area contributed by atoms with Crippen LogP contribution in [0.1, 0.15) is 29.6 Å². The minimum Gasteiger partial charge on any atom is -0.378 e. The molecule has 0 atom stereocenters. The molecule has 1 fully saturated rings. The lowest BCUT2D eigenvalue weighted by atomic mass is 10.1. The van der Waals surface area contributed by atoms with Gasteiger partial charge in [0.1, 0.15) is 0 Å². The average Bonchev–Trinajstić information content (AvgIpc) is 2.48. The number of piperidine rings is 1. The van der Waals surface area contributed by atoms with Crippen molar-refractivity contribution in [3.8, 4) is 0 Å². The molecule has 5 heteroatoms. The molecule has 0 aromatic heterocycles. The molecule has 0 unspecified atom stereocenters. The standard InChI is InChI=1S/C15H22N2O2.ClH/c16-9-4-12-19-14-7-10-17(11-8-14)15(18)13-5-2-1-3-6-13;/h1-3,5-6,14H,4,7-12,16H2;1H. The predicted molar refractivity (Wildman–Crippen MR) is 82.2 cm³/mol. The van der Waals surface area contributed by atoms with Crippen LogP contribution >= 0.6 is 12.4 Å². The van der Waals surface area contributed by atoms with E-state index < -0.39 is 0 Å². The number of benzene rings is 1. The SMILES string of the molecule is Cl.NCCCOC1CCN(C(=O)c2ccccc2)CC1. The van der Waals surface area contributed by atoms with Gasteiger partial charge in [0.05, 0.1) is 6.10 Å². The number of carbonyl (C=O) groups is 1. The fourth-order valence-electron chi connectivity index (χ4n) is 2.32. The molecule has 0 saturated carbocycles. The van der Waals surface area contributed by atoms with Gasteiger partial charge in [-0.25, -0.2) is 0 Å². The minimum atomic E-state index is 0. The van der Waals surface area contributed by atoms with E-state index >= 15 is 0 Å². The molecule has 0 bridgehead atoms. The highest BCUT2D eigenvalue weighted by molar-refractivity contribution is 5.94. The Hall–Kier alpha value is -1.10. The van der Waals surface area contributed by atoms with Crippen LogP contribution in [0, 0.1) is 0 Å². The van der Waals surface area contributed by atoms with Crippen molar-refractivity contribution in [2.24, 2.45) is 5.73 Å². The number of halogens is 1. The van der Waals surface area contributed by atoms with Crippen molar-refractivity contribution >= 4 is 18.3 Å². The van der Waals surface area contributed by atoms with Gasteiger partial charge in [-0.15, -0.1) is 12.4 Å². The molecule has 0 radical (unpaired) electrons. The van der Waals surface area contributed by atoms with Crippen LogP contribution in [0.15, 0.2) is 30.3 Å². The third-order valence-electron chi connectivity index (χ3n) is 3.45. The van der Waals surface area contributed by atoms with Crippen LogP contribution in [0.2, 0.25) is 0 Å². The van der Waals surface area contributed by atoms with Gasteiger partial charge in [-0.1, -0.05) is 18.2 Å². The summed E-state index contributed by atoms with van der Waals surface area (Å²) in [5, 5.41) is 0. The molecule has 1 aromatic rings. The van der Waals surface area contributed by atoms with Gasteiger partial charge < -0.3 is 15.4 Å². The van der Waals surface area contributed by atoms with E-state index in [0.717, 1.165) is 44.5 Å². The van der Waals surface area contributed by atoms with Gasteiger partial charge in [0.25, 0.3) is 5.91 Å². The second kappa shape index (κ2) is 8.95. The predicted octanol–water partition coefficient (Wildman–Crippen LogP) is 2.08. The first kappa shape index (κ1) is 17.0. The molecule has 4 nitrogen and oxygen atoms in total. The van der Waals surface area contributed by atoms with Gasteiger partial charge in [-0.05, 0) is 37.9 Å². The number of amides is 1. The maximum atomic E-state index is 12.2. The number of nitrogens with zero attached hydrogens (tertiary/aromatic N) is 1. The number of hydrogen-bond acceptors (Lipinski definition) is 3. The van der Waals surface area contributed by atoms with Crippen LogP contribution in [-0.4, -0.2) is 43.2 Å². The first-order valence-electron chi connectivity index (χ1n) is 6.97. The van der Waals surface area contributed by atoms with Gasteiger partial charge >= 0.3 is 0 Å². The summed E-state index contributed by atoms with van der Waals surface area (Å²) in [6, 6.07) is 9.46. The van der Waals surface area contributed by atoms with E-state index in [1.54, 1.807) is 0 Å². The van der Waals surface area contributed by atoms with E-state index in [4.69, 9.17) is 10.5 Å². The summed E-state index contributed by atoms with van der Waals surface area (Å²) >= 11 is 0. The zero-order valence-electron chi connectivity index (χ0n) is 11.7. The molecule has 0 spiro atoms. The van der Waals surface area contributed by atoms with Crippen LogP contribution in [0.4, 0.5) is 0 Å². The molecule has 1 amide bonds. The topological polar surface area (TPSA) is 55.6 Å². The third kappa shape index (κ3) is 4.78. The van der Waals surface area contributed by atoms with E-state index in [1.165, 1.54) is 0 Å². The maximum absolute atomic E-state index is 12.2. The summed E-state index contributed by atoms with van der Waals surface area (Å²) in [6.45, 7) is 2.96. The summed E-state index contributed by atoms with van der Waals surface area (Å²) in [6.07, 6.45) is 3.03. The van der Waals surface area contributed by atoms with Crippen molar-refractivity contribution in [1.82, 2.24) is 4.90 Å². The van der Waals surface area contributed by atoms with Crippen molar-refractivity contribution in [3.63, 3.8) is 0 Å². The average molecular weight is 299 g/mol. The highest BCUT2D eigenvalue weighted by Gasteiger charge is 2.23. The Bertz CT molecular complexity index is 392. The normalized spacial score (nSPS) is 15.8. The number of ether oxygens (including phenoxy) is 1. The lowest BCUT2D eigenvalue weighted by molar-refractivity contribution is 0.00845. The quantitative estimate of drug-likeness (QED) is 0.847. The molecule has 1 aliphatic heterocycles. The Morgan fingerprint density at radius 3 is 2.50 bits per heavy atom. The number of rotatable bonds is 5. The Morgan fingerprint density at radius 1 is 1.25 bits per heavy atom. The van der Waals surface area contributed by atoms with Crippen molar-refractivity contribution < 1.29 is 9.53 Å².